The maximum absolute atomic E-state index is 12.0. The summed E-state index contributed by atoms with van der Waals surface area (Å²) in [5, 5.41) is 12.0. The Labute approximate surface area is 133 Å². The molecule has 0 spiro atoms. The molecular weight excluding hydrogens is 268 g/mol. The van der Waals surface area contributed by atoms with Crippen molar-refractivity contribution >= 4 is 0 Å². The van der Waals surface area contributed by atoms with E-state index in [0.717, 1.165) is 24.0 Å². The van der Waals surface area contributed by atoms with Gasteiger partial charge in [0.05, 0.1) is 0 Å². The summed E-state index contributed by atoms with van der Waals surface area (Å²) in [5.74, 6) is 0. The molecule has 1 heteroatoms. The summed E-state index contributed by atoms with van der Waals surface area (Å²) in [6.45, 7) is 6.58. The number of hydrogen-bond donors (Lipinski definition) is 1. The van der Waals surface area contributed by atoms with Gasteiger partial charge in [-0.3, -0.25) is 0 Å². The quantitative estimate of drug-likeness (QED) is 0.784. The summed E-state index contributed by atoms with van der Waals surface area (Å²) < 4.78 is 0. The first-order chi connectivity index (χ1) is 10.5. The summed E-state index contributed by atoms with van der Waals surface area (Å²) in [5.41, 5.74) is 3.39. The molecule has 0 saturated carbocycles. The van der Waals surface area contributed by atoms with Gasteiger partial charge in [0.1, 0.15) is 5.60 Å². The summed E-state index contributed by atoms with van der Waals surface area (Å²) in [4.78, 5) is 0. The minimum atomic E-state index is -1.00. The number of rotatable bonds is 3. The van der Waals surface area contributed by atoms with Crippen molar-refractivity contribution in [1.82, 2.24) is 0 Å². The molecule has 2 aromatic carbocycles. The fraction of sp³-hybridized carbons (Fsp3) is 0.333. The van der Waals surface area contributed by atoms with Crippen molar-refractivity contribution in [2.45, 2.75) is 39.2 Å². The van der Waals surface area contributed by atoms with Crippen LogP contribution in [0.5, 0.6) is 0 Å². The topological polar surface area (TPSA) is 20.2 Å². The fourth-order valence-corrected chi connectivity index (χ4v) is 3.90. The lowest BCUT2D eigenvalue weighted by molar-refractivity contribution is -0.0252. The van der Waals surface area contributed by atoms with Crippen molar-refractivity contribution in [1.29, 1.82) is 0 Å². The van der Waals surface area contributed by atoms with E-state index in [1.165, 1.54) is 11.1 Å². The van der Waals surface area contributed by atoms with Crippen LogP contribution in [-0.4, -0.2) is 5.11 Å². The van der Waals surface area contributed by atoms with Crippen LogP contribution in [0.2, 0.25) is 0 Å². The molecule has 22 heavy (non-hydrogen) atoms. The standard InChI is InChI=1S/C21H24O/c1-16-14-15-20(3,17(16)2)21(22,18-10-6-4-7-11-18)19-12-8-5-9-13-19/h4-13,22H,14-15H2,1-3H3. The highest BCUT2D eigenvalue weighted by molar-refractivity contribution is 5.44. The predicted molar refractivity (Wildman–Crippen MR) is 91.6 cm³/mol. The highest BCUT2D eigenvalue weighted by Gasteiger charge is 2.52. The molecule has 0 aliphatic heterocycles. The zero-order chi connectivity index (χ0) is 15.8. The Morgan fingerprint density at radius 2 is 1.32 bits per heavy atom. The average molecular weight is 292 g/mol. The molecule has 1 aliphatic carbocycles. The van der Waals surface area contributed by atoms with Crippen LogP contribution in [0.1, 0.15) is 44.7 Å². The van der Waals surface area contributed by atoms with E-state index < -0.39 is 5.60 Å². The Hall–Kier alpha value is -1.86. The fourth-order valence-electron chi connectivity index (χ4n) is 3.90. The van der Waals surface area contributed by atoms with Gasteiger partial charge in [0.2, 0.25) is 0 Å². The minimum Gasteiger partial charge on any atom is -0.379 e. The monoisotopic (exact) mass is 292 g/mol. The lowest BCUT2D eigenvalue weighted by Gasteiger charge is -2.45. The second-order valence-corrected chi connectivity index (χ2v) is 6.68. The Morgan fingerprint density at radius 1 is 0.864 bits per heavy atom. The van der Waals surface area contributed by atoms with E-state index in [2.05, 4.69) is 20.8 Å². The normalized spacial score (nSPS) is 22.2. The molecule has 0 fully saturated rings. The van der Waals surface area contributed by atoms with Gasteiger partial charge < -0.3 is 5.11 Å². The minimum absolute atomic E-state index is 0.278. The molecule has 1 nitrogen and oxygen atoms in total. The zero-order valence-corrected chi connectivity index (χ0v) is 13.6. The number of allylic oxidation sites excluding steroid dienone is 1. The van der Waals surface area contributed by atoms with E-state index in [1.807, 2.05) is 60.7 Å². The lowest BCUT2D eigenvalue weighted by Crippen LogP contribution is -2.44. The second-order valence-electron chi connectivity index (χ2n) is 6.68. The summed E-state index contributed by atoms with van der Waals surface area (Å²) in [7, 11) is 0. The summed E-state index contributed by atoms with van der Waals surface area (Å²) >= 11 is 0. The third-order valence-electron chi connectivity index (χ3n) is 5.65. The largest absolute Gasteiger partial charge is 0.379 e. The molecule has 2 aromatic rings. The van der Waals surface area contributed by atoms with Crippen LogP contribution >= 0.6 is 0 Å². The SMILES string of the molecule is CC1=C(C)C(C)(C(O)(c2ccccc2)c2ccccc2)CC1. The molecule has 0 heterocycles. The Bertz CT molecular complexity index is 645. The van der Waals surface area contributed by atoms with Gasteiger partial charge in [-0.2, -0.15) is 0 Å². The molecule has 3 rings (SSSR count). The van der Waals surface area contributed by atoms with Gasteiger partial charge in [-0.25, -0.2) is 0 Å². The maximum atomic E-state index is 12.0. The van der Waals surface area contributed by atoms with Crippen LogP contribution in [0.4, 0.5) is 0 Å². The van der Waals surface area contributed by atoms with Crippen molar-refractivity contribution in [3.63, 3.8) is 0 Å². The first kappa shape index (κ1) is 15.1. The van der Waals surface area contributed by atoms with Gasteiger partial charge in [0, 0.05) is 5.41 Å². The predicted octanol–water partition coefficient (Wildman–Crippen LogP) is 5.06. The molecule has 1 aliphatic rings. The average Bonchev–Trinajstić information content (AvgIpc) is 2.84. The van der Waals surface area contributed by atoms with Gasteiger partial charge in [-0.15, -0.1) is 0 Å². The number of aliphatic hydroxyl groups is 1. The smallest absolute Gasteiger partial charge is 0.124 e. The first-order valence-corrected chi connectivity index (χ1v) is 8.00. The van der Waals surface area contributed by atoms with Crippen molar-refractivity contribution in [2.24, 2.45) is 5.41 Å². The van der Waals surface area contributed by atoms with Crippen molar-refractivity contribution in [3.05, 3.63) is 82.9 Å². The van der Waals surface area contributed by atoms with Gasteiger partial charge in [-0.1, -0.05) is 78.7 Å². The van der Waals surface area contributed by atoms with E-state index in [-0.39, 0.29) is 5.41 Å². The summed E-state index contributed by atoms with van der Waals surface area (Å²) in [6, 6.07) is 20.2. The molecule has 1 unspecified atom stereocenters. The number of hydrogen-bond acceptors (Lipinski definition) is 1. The van der Waals surface area contributed by atoms with Crippen LogP contribution in [0.15, 0.2) is 71.8 Å². The van der Waals surface area contributed by atoms with E-state index in [4.69, 9.17) is 0 Å². The van der Waals surface area contributed by atoms with Crippen molar-refractivity contribution in [3.8, 4) is 0 Å². The van der Waals surface area contributed by atoms with Crippen molar-refractivity contribution in [2.75, 3.05) is 0 Å². The molecule has 114 valence electrons. The molecule has 1 N–H and O–H groups in total. The molecule has 0 saturated heterocycles. The molecule has 0 amide bonds. The van der Waals surface area contributed by atoms with Crippen LogP contribution in [0, 0.1) is 5.41 Å². The highest BCUT2D eigenvalue weighted by Crippen LogP contribution is 2.56. The lowest BCUT2D eigenvalue weighted by atomic mass is 9.63. The second kappa shape index (κ2) is 5.40. The van der Waals surface area contributed by atoms with Crippen LogP contribution in [-0.2, 0) is 5.60 Å². The Balaban J connectivity index is 2.26. The molecule has 0 aromatic heterocycles. The van der Waals surface area contributed by atoms with Crippen LogP contribution < -0.4 is 0 Å². The van der Waals surface area contributed by atoms with Gasteiger partial charge >= 0.3 is 0 Å². The van der Waals surface area contributed by atoms with Gasteiger partial charge in [0.25, 0.3) is 0 Å². The van der Waals surface area contributed by atoms with Crippen LogP contribution in [0.25, 0.3) is 0 Å². The number of benzene rings is 2. The zero-order valence-electron chi connectivity index (χ0n) is 13.6. The molecule has 1 atom stereocenters. The van der Waals surface area contributed by atoms with Gasteiger partial charge in [0.15, 0.2) is 0 Å². The third-order valence-corrected chi connectivity index (χ3v) is 5.65. The summed E-state index contributed by atoms with van der Waals surface area (Å²) in [6.07, 6.45) is 2.04. The van der Waals surface area contributed by atoms with E-state index in [9.17, 15) is 5.11 Å². The van der Waals surface area contributed by atoms with Crippen molar-refractivity contribution < 1.29 is 5.11 Å². The maximum Gasteiger partial charge on any atom is 0.124 e. The van der Waals surface area contributed by atoms with E-state index in [1.54, 1.807) is 0 Å². The Kier molecular flexibility index (Phi) is 3.70. The highest BCUT2D eigenvalue weighted by atomic mass is 16.3. The third kappa shape index (κ3) is 2.04. The molecule has 0 radical (unpaired) electrons. The molecular formula is C21H24O. The first-order valence-electron chi connectivity index (χ1n) is 8.00. The Morgan fingerprint density at radius 3 is 1.68 bits per heavy atom. The van der Waals surface area contributed by atoms with E-state index in [0.29, 0.717) is 0 Å². The van der Waals surface area contributed by atoms with E-state index >= 15 is 0 Å². The van der Waals surface area contributed by atoms with Crippen LogP contribution in [0.3, 0.4) is 0 Å². The molecule has 0 bridgehead atoms. The van der Waals surface area contributed by atoms with Gasteiger partial charge in [-0.05, 0) is 37.8 Å².